The van der Waals surface area contributed by atoms with Crippen molar-refractivity contribution in [3.8, 4) is 0 Å². The number of hydrogen-bond donors (Lipinski definition) is 0. The largest absolute Gasteiger partial charge is 0.304 e. The first-order chi connectivity index (χ1) is 7.25. The van der Waals surface area contributed by atoms with Gasteiger partial charge in [0.05, 0.1) is 5.69 Å². The summed E-state index contributed by atoms with van der Waals surface area (Å²) in [4.78, 5) is 9.26. The van der Waals surface area contributed by atoms with Gasteiger partial charge in [-0.2, -0.15) is 0 Å². The SMILES string of the molecule is C[C@@H]1CN(C)CCN1Cc1ccccn1. The summed E-state index contributed by atoms with van der Waals surface area (Å²) in [5, 5.41) is 0. The van der Waals surface area contributed by atoms with Crippen molar-refractivity contribution < 1.29 is 0 Å². The molecule has 0 unspecified atom stereocenters. The Hall–Kier alpha value is -0.930. The van der Waals surface area contributed by atoms with Crippen molar-refractivity contribution in [1.82, 2.24) is 14.8 Å². The van der Waals surface area contributed by atoms with Crippen LogP contribution in [-0.2, 0) is 6.54 Å². The molecule has 15 heavy (non-hydrogen) atoms. The first kappa shape index (κ1) is 10.6. The standard InChI is InChI=1S/C12H19N3/c1-11-9-14(2)7-8-15(11)10-12-5-3-4-6-13-12/h3-6,11H,7-10H2,1-2H3/t11-/m1/s1. The Morgan fingerprint density at radius 1 is 1.40 bits per heavy atom. The fourth-order valence-corrected chi connectivity index (χ4v) is 2.11. The Labute approximate surface area is 91.7 Å². The van der Waals surface area contributed by atoms with Crippen LogP contribution >= 0.6 is 0 Å². The van der Waals surface area contributed by atoms with Gasteiger partial charge in [0.25, 0.3) is 0 Å². The lowest BCUT2D eigenvalue weighted by Crippen LogP contribution is -2.49. The van der Waals surface area contributed by atoms with E-state index in [1.54, 1.807) is 0 Å². The van der Waals surface area contributed by atoms with E-state index in [2.05, 4.69) is 40.9 Å². The summed E-state index contributed by atoms with van der Waals surface area (Å²) >= 11 is 0. The van der Waals surface area contributed by atoms with Crippen molar-refractivity contribution in [2.45, 2.75) is 19.5 Å². The Morgan fingerprint density at radius 3 is 2.93 bits per heavy atom. The van der Waals surface area contributed by atoms with E-state index in [-0.39, 0.29) is 0 Å². The second-order valence-corrected chi connectivity index (χ2v) is 4.40. The Balaban J connectivity index is 1.95. The van der Waals surface area contributed by atoms with Gasteiger partial charge in [-0.05, 0) is 26.1 Å². The van der Waals surface area contributed by atoms with E-state index < -0.39 is 0 Å². The van der Waals surface area contributed by atoms with E-state index in [9.17, 15) is 0 Å². The van der Waals surface area contributed by atoms with Crippen molar-refractivity contribution in [1.29, 1.82) is 0 Å². The molecule has 1 fully saturated rings. The molecule has 0 aromatic carbocycles. The van der Waals surface area contributed by atoms with Crippen LogP contribution < -0.4 is 0 Å². The van der Waals surface area contributed by atoms with Crippen LogP contribution in [0.1, 0.15) is 12.6 Å². The maximum atomic E-state index is 4.37. The Kier molecular flexibility index (Phi) is 3.34. The zero-order valence-electron chi connectivity index (χ0n) is 9.56. The third-order valence-electron chi connectivity index (χ3n) is 3.06. The van der Waals surface area contributed by atoms with Crippen molar-refractivity contribution in [2.24, 2.45) is 0 Å². The van der Waals surface area contributed by atoms with Gasteiger partial charge in [-0.1, -0.05) is 6.07 Å². The molecule has 1 aromatic rings. The van der Waals surface area contributed by atoms with Crippen molar-refractivity contribution in [3.63, 3.8) is 0 Å². The van der Waals surface area contributed by atoms with Crippen LogP contribution in [0.5, 0.6) is 0 Å². The van der Waals surface area contributed by atoms with Gasteiger partial charge in [0.2, 0.25) is 0 Å². The lowest BCUT2D eigenvalue weighted by Gasteiger charge is -2.37. The molecule has 2 rings (SSSR count). The van der Waals surface area contributed by atoms with Gasteiger partial charge in [-0.15, -0.1) is 0 Å². The number of piperazine rings is 1. The lowest BCUT2D eigenvalue weighted by atomic mass is 10.2. The van der Waals surface area contributed by atoms with E-state index in [4.69, 9.17) is 0 Å². The maximum Gasteiger partial charge on any atom is 0.0544 e. The van der Waals surface area contributed by atoms with E-state index >= 15 is 0 Å². The summed E-state index contributed by atoms with van der Waals surface area (Å²) < 4.78 is 0. The van der Waals surface area contributed by atoms with Crippen LogP contribution in [0.25, 0.3) is 0 Å². The van der Waals surface area contributed by atoms with Crippen molar-refractivity contribution >= 4 is 0 Å². The Bertz CT molecular complexity index is 299. The zero-order valence-corrected chi connectivity index (χ0v) is 9.56. The van der Waals surface area contributed by atoms with Gasteiger partial charge in [0, 0.05) is 38.4 Å². The van der Waals surface area contributed by atoms with Gasteiger partial charge < -0.3 is 4.90 Å². The van der Waals surface area contributed by atoms with Crippen molar-refractivity contribution in [3.05, 3.63) is 30.1 Å². The highest BCUT2D eigenvalue weighted by molar-refractivity contribution is 5.03. The van der Waals surface area contributed by atoms with Gasteiger partial charge in [-0.3, -0.25) is 9.88 Å². The van der Waals surface area contributed by atoms with E-state index in [0.717, 1.165) is 26.2 Å². The van der Waals surface area contributed by atoms with E-state index in [1.165, 1.54) is 5.69 Å². The van der Waals surface area contributed by atoms with Crippen LogP contribution in [0, 0.1) is 0 Å². The number of hydrogen-bond acceptors (Lipinski definition) is 3. The molecule has 82 valence electrons. The monoisotopic (exact) mass is 205 g/mol. The fraction of sp³-hybridized carbons (Fsp3) is 0.583. The van der Waals surface area contributed by atoms with Gasteiger partial charge in [-0.25, -0.2) is 0 Å². The zero-order chi connectivity index (χ0) is 10.7. The van der Waals surface area contributed by atoms with E-state index in [1.807, 2.05) is 12.3 Å². The molecular weight excluding hydrogens is 186 g/mol. The van der Waals surface area contributed by atoms with Crippen molar-refractivity contribution in [2.75, 3.05) is 26.7 Å². The van der Waals surface area contributed by atoms with Crippen LogP contribution in [0.4, 0.5) is 0 Å². The smallest absolute Gasteiger partial charge is 0.0544 e. The average Bonchev–Trinajstić information content (AvgIpc) is 2.24. The highest BCUT2D eigenvalue weighted by Crippen LogP contribution is 2.11. The second kappa shape index (κ2) is 4.73. The molecule has 0 N–H and O–H groups in total. The fourth-order valence-electron chi connectivity index (χ4n) is 2.11. The summed E-state index contributed by atoms with van der Waals surface area (Å²) in [5.41, 5.74) is 1.17. The predicted octanol–water partition coefficient (Wildman–Crippen LogP) is 1.22. The summed E-state index contributed by atoms with van der Waals surface area (Å²) in [7, 11) is 2.19. The summed E-state index contributed by atoms with van der Waals surface area (Å²) in [6.07, 6.45) is 1.87. The number of likely N-dealkylation sites (N-methyl/N-ethyl adjacent to an activating group) is 1. The molecule has 0 saturated carbocycles. The average molecular weight is 205 g/mol. The normalized spacial score (nSPS) is 24.3. The van der Waals surface area contributed by atoms with Crippen LogP contribution in [0.3, 0.4) is 0 Å². The summed E-state index contributed by atoms with van der Waals surface area (Å²) in [5.74, 6) is 0. The first-order valence-electron chi connectivity index (χ1n) is 5.58. The number of rotatable bonds is 2. The molecule has 1 aliphatic rings. The molecular formula is C12H19N3. The molecule has 1 atom stereocenters. The number of pyridine rings is 1. The molecule has 0 bridgehead atoms. The third-order valence-corrected chi connectivity index (χ3v) is 3.06. The van der Waals surface area contributed by atoms with Crippen LogP contribution in [-0.4, -0.2) is 47.5 Å². The van der Waals surface area contributed by atoms with Gasteiger partial charge in [0.15, 0.2) is 0 Å². The topological polar surface area (TPSA) is 19.4 Å². The predicted molar refractivity (Wildman–Crippen MR) is 61.6 cm³/mol. The molecule has 0 amide bonds. The highest BCUT2D eigenvalue weighted by atomic mass is 15.3. The molecule has 0 aliphatic carbocycles. The van der Waals surface area contributed by atoms with Gasteiger partial charge in [0.1, 0.15) is 0 Å². The molecule has 0 radical (unpaired) electrons. The minimum Gasteiger partial charge on any atom is -0.304 e. The van der Waals surface area contributed by atoms with Crippen LogP contribution in [0.15, 0.2) is 24.4 Å². The molecule has 3 nitrogen and oxygen atoms in total. The van der Waals surface area contributed by atoms with Crippen LogP contribution in [0.2, 0.25) is 0 Å². The lowest BCUT2D eigenvalue weighted by molar-refractivity contribution is 0.0927. The number of nitrogens with zero attached hydrogens (tertiary/aromatic N) is 3. The molecule has 1 saturated heterocycles. The Morgan fingerprint density at radius 2 is 2.27 bits per heavy atom. The molecule has 1 aromatic heterocycles. The summed E-state index contributed by atoms with van der Waals surface area (Å²) in [6, 6.07) is 6.76. The van der Waals surface area contributed by atoms with E-state index in [0.29, 0.717) is 6.04 Å². The molecule has 2 heterocycles. The maximum absolute atomic E-state index is 4.37. The van der Waals surface area contributed by atoms with Gasteiger partial charge >= 0.3 is 0 Å². The minimum absolute atomic E-state index is 0.630. The quantitative estimate of drug-likeness (QED) is 0.723. The summed E-state index contributed by atoms with van der Waals surface area (Å²) in [6.45, 7) is 6.74. The second-order valence-electron chi connectivity index (χ2n) is 4.40. The molecule has 0 spiro atoms. The molecule has 3 heteroatoms. The first-order valence-corrected chi connectivity index (χ1v) is 5.58. The third kappa shape index (κ3) is 2.76. The highest BCUT2D eigenvalue weighted by Gasteiger charge is 2.21. The minimum atomic E-state index is 0.630. The number of aromatic nitrogens is 1. The molecule has 1 aliphatic heterocycles.